The lowest BCUT2D eigenvalue weighted by molar-refractivity contribution is -0.0231. The largest absolute Gasteiger partial charge is 0.456 e. The molecule has 1 aromatic carbocycles. The molecule has 2 rings (SSSR count). The molecule has 0 aromatic heterocycles. The molecule has 0 radical (unpaired) electrons. The fraction of sp³-hybridized carbons (Fsp3) is 0.500. The van der Waals surface area contributed by atoms with Crippen molar-refractivity contribution in [1.82, 2.24) is 0 Å². The van der Waals surface area contributed by atoms with E-state index in [1.807, 2.05) is 13.0 Å². The Bertz CT molecular complexity index is 377. The molecule has 0 amide bonds. The molecule has 0 N–H and O–H groups in total. The summed E-state index contributed by atoms with van der Waals surface area (Å²) in [4.78, 5) is 11.8. The van der Waals surface area contributed by atoms with E-state index in [1.54, 1.807) is 24.3 Å². The number of hydrogen-bond acceptors (Lipinski definition) is 2. The van der Waals surface area contributed by atoms with Crippen LogP contribution in [0.15, 0.2) is 30.3 Å². The molecular formula is C14H17FO2. The lowest BCUT2D eigenvalue weighted by Crippen LogP contribution is -2.36. The topological polar surface area (TPSA) is 26.3 Å². The molecule has 1 saturated carbocycles. The van der Waals surface area contributed by atoms with Crippen LogP contribution < -0.4 is 0 Å². The maximum Gasteiger partial charge on any atom is 0.338 e. The smallest absolute Gasteiger partial charge is 0.338 e. The Morgan fingerprint density at radius 2 is 2.00 bits per heavy atom. The van der Waals surface area contributed by atoms with E-state index in [1.165, 1.54) is 0 Å². The molecule has 0 saturated heterocycles. The molecule has 1 fully saturated rings. The molecule has 1 aliphatic carbocycles. The summed E-state index contributed by atoms with van der Waals surface area (Å²) >= 11 is 0. The summed E-state index contributed by atoms with van der Waals surface area (Å²) in [6.07, 6.45) is 0.821. The lowest BCUT2D eigenvalue weighted by atomic mass is 9.87. The summed E-state index contributed by atoms with van der Waals surface area (Å²) in [6, 6.07) is 8.74. The Labute approximate surface area is 101 Å². The molecule has 1 aliphatic rings. The third-order valence-corrected chi connectivity index (χ3v) is 3.31. The highest BCUT2D eigenvalue weighted by Gasteiger charge is 2.33. The predicted octanol–water partition coefficient (Wildman–Crippen LogP) is 3.37. The zero-order valence-corrected chi connectivity index (χ0v) is 9.93. The number of benzene rings is 1. The van der Waals surface area contributed by atoms with Crippen LogP contribution in [0.25, 0.3) is 0 Å². The molecule has 0 unspecified atom stereocenters. The fourth-order valence-corrected chi connectivity index (χ4v) is 2.23. The second-order valence-corrected chi connectivity index (χ2v) is 4.66. The minimum Gasteiger partial charge on any atom is -0.456 e. The maximum atomic E-state index is 13.8. The van der Waals surface area contributed by atoms with Crippen LogP contribution >= 0.6 is 0 Å². The van der Waals surface area contributed by atoms with Gasteiger partial charge in [0.05, 0.1) is 5.56 Å². The molecule has 2 nitrogen and oxygen atoms in total. The van der Waals surface area contributed by atoms with Gasteiger partial charge in [0.25, 0.3) is 0 Å². The first kappa shape index (κ1) is 12.1. The van der Waals surface area contributed by atoms with Gasteiger partial charge in [-0.2, -0.15) is 0 Å². The number of esters is 1. The SMILES string of the molecule is C[C@H]1CCC[C@H](OC(=O)c2ccccc2)[C@@H]1F. The van der Waals surface area contributed by atoms with Gasteiger partial charge in [-0.15, -0.1) is 0 Å². The Hall–Kier alpha value is -1.38. The number of alkyl halides is 1. The number of rotatable bonds is 2. The van der Waals surface area contributed by atoms with Crippen LogP contribution in [0.5, 0.6) is 0 Å². The lowest BCUT2D eigenvalue weighted by Gasteiger charge is -2.30. The number of ether oxygens (including phenoxy) is 1. The van der Waals surface area contributed by atoms with E-state index in [4.69, 9.17) is 4.74 Å². The van der Waals surface area contributed by atoms with E-state index in [-0.39, 0.29) is 5.92 Å². The number of carbonyl (C=O) groups excluding carboxylic acids is 1. The van der Waals surface area contributed by atoms with Gasteiger partial charge in [0.2, 0.25) is 0 Å². The highest BCUT2D eigenvalue weighted by atomic mass is 19.1. The molecule has 3 heteroatoms. The standard InChI is InChI=1S/C14H17FO2/c1-10-6-5-9-12(13(10)15)17-14(16)11-7-3-2-4-8-11/h2-4,7-8,10,12-13H,5-6,9H2,1H3/t10-,12-,13+/m0/s1. The number of carbonyl (C=O) groups is 1. The van der Waals surface area contributed by atoms with Gasteiger partial charge in [0, 0.05) is 0 Å². The van der Waals surface area contributed by atoms with Gasteiger partial charge in [-0.1, -0.05) is 25.1 Å². The van der Waals surface area contributed by atoms with Crippen molar-refractivity contribution in [3.8, 4) is 0 Å². The van der Waals surface area contributed by atoms with Gasteiger partial charge in [0.1, 0.15) is 12.3 Å². The second kappa shape index (κ2) is 5.30. The van der Waals surface area contributed by atoms with Crippen molar-refractivity contribution in [2.45, 2.75) is 38.5 Å². The van der Waals surface area contributed by atoms with Gasteiger partial charge in [0.15, 0.2) is 0 Å². The van der Waals surface area contributed by atoms with Crippen molar-refractivity contribution in [2.24, 2.45) is 5.92 Å². The summed E-state index contributed by atoms with van der Waals surface area (Å²) in [5.74, 6) is -0.440. The third kappa shape index (κ3) is 2.84. The minimum absolute atomic E-state index is 0.0164. The zero-order chi connectivity index (χ0) is 12.3. The van der Waals surface area contributed by atoms with Crippen molar-refractivity contribution in [1.29, 1.82) is 0 Å². The van der Waals surface area contributed by atoms with E-state index in [2.05, 4.69) is 0 Å². The highest BCUT2D eigenvalue weighted by molar-refractivity contribution is 5.89. The molecule has 0 bridgehead atoms. The van der Waals surface area contributed by atoms with Gasteiger partial charge in [-0.05, 0) is 37.3 Å². The van der Waals surface area contributed by atoms with E-state index < -0.39 is 18.2 Å². The van der Waals surface area contributed by atoms with Crippen LogP contribution in [0.2, 0.25) is 0 Å². The van der Waals surface area contributed by atoms with Crippen LogP contribution in [-0.2, 0) is 4.74 Å². The molecule has 0 aliphatic heterocycles. The van der Waals surface area contributed by atoms with Crippen molar-refractivity contribution >= 4 is 5.97 Å². The Balaban J connectivity index is 1.99. The van der Waals surface area contributed by atoms with Gasteiger partial charge < -0.3 is 4.74 Å². The van der Waals surface area contributed by atoms with Crippen LogP contribution in [0, 0.1) is 5.92 Å². The fourth-order valence-electron chi connectivity index (χ4n) is 2.23. The Kier molecular flexibility index (Phi) is 3.77. The quantitative estimate of drug-likeness (QED) is 0.736. The van der Waals surface area contributed by atoms with Crippen LogP contribution in [-0.4, -0.2) is 18.2 Å². The van der Waals surface area contributed by atoms with Crippen LogP contribution in [0.1, 0.15) is 36.5 Å². The molecule has 17 heavy (non-hydrogen) atoms. The maximum absolute atomic E-state index is 13.8. The van der Waals surface area contributed by atoms with Crippen LogP contribution in [0.3, 0.4) is 0 Å². The van der Waals surface area contributed by atoms with Crippen molar-refractivity contribution in [2.75, 3.05) is 0 Å². The summed E-state index contributed by atoms with van der Waals surface area (Å²) in [6.45, 7) is 1.87. The number of halogens is 1. The van der Waals surface area contributed by atoms with Crippen molar-refractivity contribution < 1.29 is 13.9 Å². The predicted molar refractivity (Wildman–Crippen MR) is 63.6 cm³/mol. The first-order valence-electron chi connectivity index (χ1n) is 6.08. The monoisotopic (exact) mass is 236 g/mol. The van der Waals surface area contributed by atoms with Crippen LogP contribution in [0.4, 0.5) is 4.39 Å². The first-order valence-corrected chi connectivity index (χ1v) is 6.08. The minimum atomic E-state index is -1.03. The summed E-state index contributed by atoms with van der Waals surface area (Å²) in [7, 11) is 0. The average Bonchev–Trinajstić information content (AvgIpc) is 2.36. The molecule has 92 valence electrons. The average molecular weight is 236 g/mol. The second-order valence-electron chi connectivity index (χ2n) is 4.66. The summed E-state index contributed by atoms with van der Waals surface area (Å²) in [5, 5.41) is 0. The summed E-state index contributed by atoms with van der Waals surface area (Å²) in [5.41, 5.74) is 0.484. The Morgan fingerprint density at radius 3 is 2.71 bits per heavy atom. The van der Waals surface area contributed by atoms with E-state index in [0.29, 0.717) is 12.0 Å². The molecule has 0 heterocycles. The molecule has 1 aromatic rings. The number of hydrogen-bond donors (Lipinski definition) is 0. The molecular weight excluding hydrogens is 219 g/mol. The highest BCUT2D eigenvalue weighted by Crippen LogP contribution is 2.29. The molecule has 3 atom stereocenters. The van der Waals surface area contributed by atoms with E-state index >= 15 is 0 Å². The normalized spacial score (nSPS) is 28.7. The van der Waals surface area contributed by atoms with E-state index in [9.17, 15) is 9.18 Å². The van der Waals surface area contributed by atoms with Gasteiger partial charge in [-0.25, -0.2) is 9.18 Å². The summed E-state index contributed by atoms with van der Waals surface area (Å²) < 4.78 is 19.1. The first-order chi connectivity index (χ1) is 8.18. The van der Waals surface area contributed by atoms with Gasteiger partial charge >= 0.3 is 5.97 Å². The van der Waals surface area contributed by atoms with Gasteiger partial charge in [-0.3, -0.25) is 0 Å². The van der Waals surface area contributed by atoms with Crippen molar-refractivity contribution in [3.05, 3.63) is 35.9 Å². The zero-order valence-electron chi connectivity index (χ0n) is 9.93. The molecule has 0 spiro atoms. The van der Waals surface area contributed by atoms with Crippen molar-refractivity contribution in [3.63, 3.8) is 0 Å². The Morgan fingerprint density at radius 1 is 1.29 bits per heavy atom. The third-order valence-electron chi connectivity index (χ3n) is 3.31. The van der Waals surface area contributed by atoms with E-state index in [0.717, 1.165) is 12.8 Å².